The van der Waals surface area contributed by atoms with Crippen LogP contribution in [-0.2, 0) is 10.3 Å². The fourth-order valence-corrected chi connectivity index (χ4v) is 1.51. The predicted octanol–water partition coefficient (Wildman–Crippen LogP) is 1.68. The molecule has 0 aliphatic heterocycles. The number of benzene rings is 1. The van der Waals surface area contributed by atoms with Crippen molar-refractivity contribution in [2.24, 2.45) is 5.92 Å². The lowest BCUT2D eigenvalue weighted by Crippen LogP contribution is -2.37. The van der Waals surface area contributed by atoms with Gasteiger partial charge in [-0.15, -0.1) is 0 Å². The third kappa shape index (κ3) is 2.35. The minimum atomic E-state index is -1.23. The van der Waals surface area contributed by atoms with Gasteiger partial charge in [-0.05, 0) is 12.5 Å². The molecule has 0 fully saturated rings. The molecule has 1 aromatic rings. The normalized spacial score (nSPS) is 16.4. The number of nitriles is 1. The number of nitrogens with zero attached hydrogens (tertiary/aromatic N) is 1. The Hall–Kier alpha value is -1.37. The van der Waals surface area contributed by atoms with Crippen molar-refractivity contribution in [3.8, 4) is 6.07 Å². The number of methoxy groups -OCH3 is 1. The first-order chi connectivity index (χ1) is 7.15. The zero-order chi connectivity index (χ0) is 11.3. The fraction of sp³-hybridized carbons (Fsp3) is 0.417. The molecule has 80 valence electrons. The highest BCUT2D eigenvalue weighted by atomic mass is 16.5. The van der Waals surface area contributed by atoms with Crippen LogP contribution in [0.1, 0.15) is 12.5 Å². The van der Waals surface area contributed by atoms with Gasteiger partial charge < -0.3 is 9.84 Å². The van der Waals surface area contributed by atoms with Crippen molar-refractivity contribution in [2.45, 2.75) is 12.5 Å². The summed E-state index contributed by atoms with van der Waals surface area (Å²) < 4.78 is 4.98. The van der Waals surface area contributed by atoms with Gasteiger partial charge in [0.1, 0.15) is 5.60 Å². The van der Waals surface area contributed by atoms with Crippen LogP contribution >= 0.6 is 0 Å². The molecule has 0 aromatic heterocycles. The predicted molar refractivity (Wildman–Crippen MR) is 57.0 cm³/mol. The summed E-state index contributed by atoms with van der Waals surface area (Å²) in [5.41, 5.74) is -0.522. The second-order valence-corrected chi connectivity index (χ2v) is 3.57. The fourth-order valence-electron chi connectivity index (χ4n) is 1.51. The van der Waals surface area contributed by atoms with E-state index in [4.69, 9.17) is 10.00 Å². The molecule has 0 aliphatic carbocycles. The van der Waals surface area contributed by atoms with Crippen LogP contribution in [0.5, 0.6) is 0 Å². The largest absolute Gasteiger partial charge is 0.381 e. The maximum atomic E-state index is 10.4. The molecule has 0 saturated carbocycles. The van der Waals surface area contributed by atoms with Crippen molar-refractivity contribution in [3.63, 3.8) is 0 Å². The standard InChI is InChI=1S/C12H15NO2/c1-10(8-13)12(14,9-15-2)11-6-4-3-5-7-11/h3-7,10,14H,9H2,1-2H3. The smallest absolute Gasteiger partial charge is 0.128 e. The molecule has 1 aromatic carbocycles. The van der Waals surface area contributed by atoms with Crippen LogP contribution in [0.15, 0.2) is 30.3 Å². The van der Waals surface area contributed by atoms with Crippen LogP contribution < -0.4 is 0 Å². The first kappa shape index (κ1) is 11.7. The van der Waals surface area contributed by atoms with E-state index in [1.165, 1.54) is 7.11 Å². The highest BCUT2D eigenvalue weighted by molar-refractivity contribution is 5.25. The van der Waals surface area contributed by atoms with E-state index in [0.717, 1.165) is 0 Å². The van der Waals surface area contributed by atoms with Crippen LogP contribution in [0.25, 0.3) is 0 Å². The minimum absolute atomic E-state index is 0.117. The van der Waals surface area contributed by atoms with Gasteiger partial charge in [0.25, 0.3) is 0 Å². The van der Waals surface area contributed by atoms with Gasteiger partial charge in [0.15, 0.2) is 0 Å². The molecule has 0 spiro atoms. The molecular weight excluding hydrogens is 190 g/mol. The summed E-state index contributed by atoms with van der Waals surface area (Å²) in [6.07, 6.45) is 0. The van der Waals surface area contributed by atoms with Gasteiger partial charge >= 0.3 is 0 Å². The molecule has 2 atom stereocenters. The maximum Gasteiger partial charge on any atom is 0.128 e. The third-order valence-electron chi connectivity index (χ3n) is 2.55. The molecule has 3 nitrogen and oxygen atoms in total. The number of hydrogen-bond acceptors (Lipinski definition) is 3. The van der Waals surface area contributed by atoms with Crippen molar-refractivity contribution in [2.75, 3.05) is 13.7 Å². The van der Waals surface area contributed by atoms with Crippen LogP contribution in [-0.4, -0.2) is 18.8 Å². The molecule has 1 N–H and O–H groups in total. The molecule has 0 aliphatic rings. The highest BCUT2D eigenvalue weighted by Crippen LogP contribution is 2.29. The summed E-state index contributed by atoms with van der Waals surface area (Å²) in [5.74, 6) is -0.514. The molecule has 0 saturated heterocycles. The SMILES string of the molecule is COCC(O)(c1ccccc1)C(C)C#N. The Labute approximate surface area is 89.9 Å². The molecule has 3 heteroatoms. The molecule has 0 radical (unpaired) electrons. The summed E-state index contributed by atoms with van der Waals surface area (Å²) in [4.78, 5) is 0. The number of aliphatic hydroxyl groups is 1. The van der Waals surface area contributed by atoms with Gasteiger partial charge in [-0.1, -0.05) is 30.3 Å². The van der Waals surface area contributed by atoms with Gasteiger partial charge in [0, 0.05) is 7.11 Å². The molecule has 2 unspecified atom stereocenters. The van der Waals surface area contributed by atoms with Gasteiger partial charge in [-0.2, -0.15) is 5.26 Å². The Kier molecular flexibility index (Phi) is 3.84. The summed E-state index contributed by atoms with van der Waals surface area (Å²) in [7, 11) is 1.51. The van der Waals surface area contributed by atoms with Crippen molar-refractivity contribution >= 4 is 0 Å². The van der Waals surface area contributed by atoms with Crippen LogP contribution in [0.4, 0.5) is 0 Å². The lowest BCUT2D eigenvalue weighted by molar-refractivity contribution is -0.0600. The van der Waals surface area contributed by atoms with Crippen molar-refractivity contribution < 1.29 is 9.84 Å². The van der Waals surface area contributed by atoms with Gasteiger partial charge in [-0.3, -0.25) is 0 Å². The van der Waals surface area contributed by atoms with E-state index < -0.39 is 11.5 Å². The molecule has 0 bridgehead atoms. The molecule has 15 heavy (non-hydrogen) atoms. The van der Waals surface area contributed by atoms with E-state index in [2.05, 4.69) is 6.07 Å². The van der Waals surface area contributed by atoms with Crippen molar-refractivity contribution in [3.05, 3.63) is 35.9 Å². The van der Waals surface area contributed by atoms with E-state index in [0.29, 0.717) is 5.56 Å². The second-order valence-electron chi connectivity index (χ2n) is 3.57. The molecular formula is C12H15NO2. The van der Waals surface area contributed by atoms with E-state index in [9.17, 15) is 5.11 Å². The second kappa shape index (κ2) is 4.92. The van der Waals surface area contributed by atoms with E-state index in [-0.39, 0.29) is 6.61 Å². The Morgan fingerprint density at radius 2 is 2.07 bits per heavy atom. The summed E-state index contributed by atoms with van der Waals surface area (Å²) >= 11 is 0. The maximum absolute atomic E-state index is 10.4. The highest BCUT2D eigenvalue weighted by Gasteiger charge is 2.35. The number of ether oxygens (including phenoxy) is 1. The van der Waals surface area contributed by atoms with Crippen LogP contribution in [0.2, 0.25) is 0 Å². The topological polar surface area (TPSA) is 53.2 Å². The van der Waals surface area contributed by atoms with E-state index in [1.54, 1.807) is 19.1 Å². The average Bonchev–Trinajstić information content (AvgIpc) is 2.29. The third-order valence-corrected chi connectivity index (χ3v) is 2.55. The van der Waals surface area contributed by atoms with Crippen LogP contribution in [0, 0.1) is 17.2 Å². The van der Waals surface area contributed by atoms with Gasteiger partial charge in [-0.25, -0.2) is 0 Å². The zero-order valence-electron chi connectivity index (χ0n) is 8.97. The monoisotopic (exact) mass is 205 g/mol. The Morgan fingerprint density at radius 1 is 1.47 bits per heavy atom. The Bertz CT molecular complexity index is 344. The summed E-state index contributed by atoms with van der Waals surface area (Å²) in [6.45, 7) is 1.80. The number of rotatable bonds is 4. The molecule has 1 rings (SSSR count). The average molecular weight is 205 g/mol. The lowest BCUT2D eigenvalue weighted by atomic mass is 9.84. The molecule has 0 amide bonds. The number of hydrogen-bond donors (Lipinski definition) is 1. The van der Waals surface area contributed by atoms with Gasteiger partial charge in [0.05, 0.1) is 18.6 Å². The quantitative estimate of drug-likeness (QED) is 0.813. The molecule has 0 heterocycles. The van der Waals surface area contributed by atoms with Crippen molar-refractivity contribution in [1.82, 2.24) is 0 Å². The minimum Gasteiger partial charge on any atom is -0.381 e. The Balaban J connectivity index is 3.08. The van der Waals surface area contributed by atoms with E-state index in [1.807, 2.05) is 18.2 Å². The summed E-state index contributed by atoms with van der Waals surface area (Å²) in [5, 5.41) is 19.3. The summed E-state index contributed by atoms with van der Waals surface area (Å²) in [6, 6.07) is 11.2. The van der Waals surface area contributed by atoms with E-state index >= 15 is 0 Å². The Morgan fingerprint density at radius 3 is 2.53 bits per heavy atom. The van der Waals surface area contributed by atoms with Gasteiger partial charge in [0.2, 0.25) is 0 Å². The first-order valence-corrected chi connectivity index (χ1v) is 4.81. The lowest BCUT2D eigenvalue weighted by Gasteiger charge is -2.30. The first-order valence-electron chi connectivity index (χ1n) is 4.81. The van der Waals surface area contributed by atoms with Crippen molar-refractivity contribution in [1.29, 1.82) is 5.26 Å². The van der Waals surface area contributed by atoms with Crippen LogP contribution in [0.3, 0.4) is 0 Å². The zero-order valence-corrected chi connectivity index (χ0v) is 8.97.